The first-order valence-electron chi connectivity index (χ1n) is 10.1. The van der Waals surface area contributed by atoms with E-state index in [4.69, 9.17) is 14.9 Å². The van der Waals surface area contributed by atoms with Crippen molar-refractivity contribution in [1.29, 1.82) is 0 Å². The summed E-state index contributed by atoms with van der Waals surface area (Å²) in [5.74, 6) is -0.916. The standard InChI is InChI=1S/C13H18O3.C12H16O3/c1-7-8(2)10(4)13(16-5)11(9(7)3)6-12(14)15;1-6-7(2)9(4)12(15)10(8(6)3)5-11(13)14/h6H2,1-5H3,(H,14,15);15H,5H2,1-4H3,(H,13,14). The third kappa shape index (κ3) is 5.57. The van der Waals surface area contributed by atoms with Gasteiger partial charge in [0.1, 0.15) is 11.5 Å². The number of phenolic OH excluding ortho intramolecular Hbond substituents is 1. The van der Waals surface area contributed by atoms with Crippen LogP contribution in [0.25, 0.3) is 0 Å². The Hall–Kier alpha value is -3.02. The van der Waals surface area contributed by atoms with Crippen LogP contribution in [0.4, 0.5) is 0 Å². The first kappa shape index (κ1) is 26.0. The average Bonchev–Trinajstić information content (AvgIpc) is 2.71. The van der Waals surface area contributed by atoms with E-state index in [9.17, 15) is 14.7 Å². The second-order valence-electron chi connectivity index (χ2n) is 7.98. The molecule has 0 amide bonds. The number of carboxylic acids is 2. The maximum Gasteiger partial charge on any atom is 0.307 e. The Labute approximate surface area is 184 Å². The van der Waals surface area contributed by atoms with E-state index in [1.54, 1.807) is 7.11 Å². The van der Waals surface area contributed by atoms with Crippen LogP contribution in [0.3, 0.4) is 0 Å². The molecular weight excluding hydrogens is 396 g/mol. The fourth-order valence-electron chi connectivity index (χ4n) is 3.73. The lowest BCUT2D eigenvalue weighted by Gasteiger charge is -2.18. The van der Waals surface area contributed by atoms with E-state index in [0.717, 1.165) is 44.5 Å². The quantitative estimate of drug-likeness (QED) is 0.629. The third-order valence-electron chi connectivity index (χ3n) is 6.40. The summed E-state index contributed by atoms with van der Waals surface area (Å²) >= 11 is 0. The number of ether oxygens (including phenoxy) is 1. The van der Waals surface area contributed by atoms with Gasteiger partial charge in [0.15, 0.2) is 0 Å². The molecule has 2 aromatic rings. The van der Waals surface area contributed by atoms with Crippen molar-refractivity contribution in [1.82, 2.24) is 0 Å². The largest absolute Gasteiger partial charge is 0.507 e. The van der Waals surface area contributed by atoms with Gasteiger partial charge in [0, 0.05) is 11.1 Å². The molecule has 0 radical (unpaired) electrons. The molecule has 31 heavy (non-hydrogen) atoms. The minimum Gasteiger partial charge on any atom is -0.507 e. The SMILES string of the molecule is COc1c(C)c(C)c(C)c(C)c1CC(=O)O.Cc1c(C)c(C)c(CC(=O)O)c(O)c1C. The molecule has 0 aliphatic carbocycles. The van der Waals surface area contributed by atoms with E-state index in [0.29, 0.717) is 11.3 Å². The van der Waals surface area contributed by atoms with E-state index in [1.807, 2.05) is 55.4 Å². The van der Waals surface area contributed by atoms with Gasteiger partial charge >= 0.3 is 11.9 Å². The van der Waals surface area contributed by atoms with Crippen molar-refractivity contribution >= 4 is 11.9 Å². The summed E-state index contributed by atoms with van der Waals surface area (Å²) in [5.41, 5.74) is 9.41. The van der Waals surface area contributed by atoms with Crippen molar-refractivity contribution in [2.75, 3.05) is 7.11 Å². The van der Waals surface area contributed by atoms with E-state index in [1.165, 1.54) is 5.56 Å². The van der Waals surface area contributed by atoms with Gasteiger partial charge in [-0.2, -0.15) is 0 Å². The Bertz CT molecular complexity index is 989. The molecule has 0 fully saturated rings. The van der Waals surface area contributed by atoms with Crippen molar-refractivity contribution < 1.29 is 29.6 Å². The fourth-order valence-corrected chi connectivity index (χ4v) is 3.73. The normalized spacial score (nSPS) is 10.4. The number of carboxylic acid groups (broad SMARTS) is 2. The molecule has 0 heterocycles. The van der Waals surface area contributed by atoms with Crippen LogP contribution in [0.2, 0.25) is 0 Å². The first-order chi connectivity index (χ1) is 14.3. The highest BCUT2D eigenvalue weighted by Crippen LogP contribution is 2.33. The summed E-state index contributed by atoms with van der Waals surface area (Å²) in [6.45, 7) is 15.5. The van der Waals surface area contributed by atoms with Gasteiger partial charge in [0.2, 0.25) is 0 Å². The third-order valence-corrected chi connectivity index (χ3v) is 6.40. The highest BCUT2D eigenvalue weighted by molar-refractivity contribution is 5.74. The van der Waals surface area contributed by atoms with Crippen molar-refractivity contribution in [3.8, 4) is 11.5 Å². The van der Waals surface area contributed by atoms with Gasteiger partial charge in [0.05, 0.1) is 20.0 Å². The summed E-state index contributed by atoms with van der Waals surface area (Å²) in [4.78, 5) is 21.5. The van der Waals surface area contributed by atoms with E-state index in [2.05, 4.69) is 0 Å². The molecular formula is C25H34O6. The Morgan fingerprint density at radius 1 is 0.613 bits per heavy atom. The number of aliphatic carboxylic acids is 2. The molecule has 3 N–H and O–H groups in total. The summed E-state index contributed by atoms with van der Waals surface area (Å²) in [6, 6.07) is 0. The predicted octanol–water partition coefficient (Wildman–Crippen LogP) is 4.81. The molecule has 0 aliphatic heterocycles. The zero-order chi connectivity index (χ0) is 24.2. The summed E-state index contributed by atoms with van der Waals surface area (Å²) < 4.78 is 5.33. The Kier molecular flexibility index (Phi) is 8.67. The topological polar surface area (TPSA) is 104 Å². The Morgan fingerprint density at radius 2 is 0.968 bits per heavy atom. The number of benzene rings is 2. The highest BCUT2D eigenvalue weighted by atomic mass is 16.5. The maximum absolute atomic E-state index is 10.8. The molecule has 6 nitrogen and oxygen atoms in total. The average molecular weight is 431 g/mol. The van der Waals surface area contributed by atoms with E-state index >= 15 is 0 Å². The van der Waals surface area contributed by atoms with Gasteiger partial charge in [-0.1, -0.05) is 0 Å². The minimum absolute atomic E-state index is 0.0109. The molecule has 170 valence electrons. The van der Waals surface area contributed by atoms with Crippen LogP contribution >= 0.6 is 0 Å². The van der Waals surface area contributed by atoms with Crippen molar-refractivity contribution in [2.24, 2.45) is 0 Å². The number of methoxy groups -OCH3 is 1. The number of hydrogen-bond acceptors (Lipinski definition) is 4. The van der Waals surface area contributed by atoms with Crippen molar-refractivity contribution in [2.45, 2.75) is 68.2 Å². The van der Waals surface area contributed by atoms with Crippen LogP contribution in [-0.2, 0) is 22.4 Å². The number of carbonyl (C=O) groups is 2. The monoisotopic (exact) mass is 430 g/mol. The molecule has 0 saturated heterocycles. The van der Waals surface area contributed by atoms with Gasteiger partial charge in [-0.25, -0.2) is 0 Å². The molecule has 0 saturated carbocycles. The molecule has 6 heteroatoms. The van der Waals surface area contributed by atoms with Gasteiger partial charge in [-0.3, -0.25) is 9.59 Å². The number of aromatic hydroxyl groups is 1. The van der Waals surface area contributed by atoms with Crippen molar-refractivity contribution in [3.63, 3.8) is 0 Å². The number of hydrogen-bond donors (Lipinski definition) is 3. The van der Waals surface area contributed by atoms with Crippen LogP contribution in [0.15, 0.2) is 0 Å². The van der Waals surface area contributed by atoms with Crippen LogP contribution in [0.5, 0.6) is 11.5 Å². The highest BCUT2D eigenvalue weighted by Gasteiger charge is 2.18. The molecule has 0 spiro atoms. The second kappa shape index (κ2) is 10.3. The van der Waals surface area contributed by atoms with E-state index in [-0.39, 0.29) is 18.6 Å². The van der Waals surface area contributed by atoms with Crippen LogP contribution in [0, 0.1) is 55.4 Å². The Balaban J connectivity index is 0.000000311. The zero-order valence-corrected chi connectivity index (χ0v) is 20.0. The lowest BCUT2D eigenvalue weighted by Crippen LogP contribution is -2.08. The van der Waals surface area contributed by atoms with Gasteiger partial charge in [-0.05, 0) is 99.9 Å². The summed E-state index contributed by atoms with van der Waals surface area (Å²) in [7, 11) is 1.59. The smallest absolute Gasteiger partial charge is 0.307 e. The van der Waals surface area contributed by atoms with Crippen LogP contribution < -0.4 is 4.74 Å². The zero-order valence-electron chi connectivity index (χ0n) is 20.0. The lowest BCUT2D eigenvalue weighted by atomic mass is 9.92. The predicted molar refractivity (Wildman–Crippen MR) is 122 cm³/mol. The number of rotatable bonds is 5. The van der Waals surface area contributed by atoms with Gasteiger partial charge < -0.3 is 20.1 Å². The molecule has 0 aromatic heterocycles. The van der Waals surface area contributed by atoms with Crippen LogP contribution in [0.1, 0.15) is 55.6 Å². The minimum atomic E-state index is -0.920. The maximum atomic E-state index is 10.8. The van der Waals surface area contributed by atoms with Crippen LogP contribution in [-0.4, -0.2) is 34.4 Å². The molecule has 2 aromatic carbocycles. The summed E-state index contributed by atoms with van der Waals surface area (Å²) in [5, 5.41) is 27.5. The number of phenols is 1. The molecule has 0 aliphatic rings. The lowest BCUT2D eigenvalue weighted by molar-refractivity contribution is -0.137. The second-order valence-corrected chi connectivity index (χ2v) is 7.98. The molecule has 0 bridgehead atoms. The fraction of sp³-hybridized carbons (Fsp3) is 0.440. The first-order valence-corrected chi connectivity index (χ1v) is 10.1. The van der Waals surface area contributed by atoms with Gasteiger partial charge in [0.25, 0.3) is 0 Å². The van der Waals surface area contributed by atoms with Gasteiger partial charge in [-0.15, -0.1) is 0 Å². The summed E-state index contributed by atoms with van der Waals surface area (Å²) in [6.07, 6.45) is -0.114. The van der Waals surface area contributed by atoms with Crippen molar-refractivity contribution in [3.05, 3.63) is 55.6 Å². The molecule has 0 unspecified atom stereocenters. The van der Waals surface area contributed by atoms with E-state index < -0.39 is 11.9 Å². The Morgan fingerprint density at radius 3 is 1.39 bits per heavy atom. The molecule has 2 rings (SSSR count). The molecule has 0 atom stereocenters.